The maximum atomic E-state index is 12.8. The second-order valence-corrected chi connectivity index (χ2v) is 5.26. The van der Waals surface area contributed by atoms with E-state index < -0.39 is 0 Å². The highest BCUT2D eigenvalue weighted by atomic mass is 19.1. The summed E-state index contributed by atoms with van der Waals surface area (Å²) in [5, 5.41) is 3.32. The molecule has 0 radical (unpaired) electrons. The number of hydrogen-bond donors (Lipinski definition) is 2. The zero-order valence-corrected chi connectivity index (χ0v) is 13.5. The molecule has 2 rings (SSSR count). The van der Waals surface area contributed by atoms with E-state index in [-0.39, 0.29) is 11.9 Å². The molecule has 0 amide bonds. The molecule has 0 spiro atoms. The summed E-state index contributed by atoms with van der Waals surface area (Å²) in [7, 11) is 1.61. The molecule has 0 aliphatic heterocycles. The fraction of sp³-hybridized carbons (Fsp3) is 0.333. The van der Waals surface area contributed by atoms with Crippen LogP contribution >= 0.6 is 0 Å². The largest absolute Gasteiger partial charge is 0.492 e. The molecule has 0 aromatic heterocycles. The van der Waals surface area contributed by atoms with Gasteiger partial charge in [0.1, 0.15) is 18.2 Å². The summed E-state index contributed by atoms with van der Waals surface area (Å²) in [6.45, 7) is 4.09. The van der Waals surface area contributed by atoms with Gasteiger partial charge in [-0.05, 0) is 42.3 Å². The fourth-order valence-corrected chi connectivity index (χ4v) is 2.17. The van der Waals surface area contributed by atoms with Crippen molar-refractivity contribution in [2.45, 2.75) is 19.5 Å². The minimum atomic E-state index is -0.256. The zero-order valence-electron chi connectivity index (χ0n) is 13.5. The molecule has 4 nitrogen and oxygen atoms in total. The lowest BCUT2D eigenvalue weighted by Gasteiger charge is -2.13. The number of ether oxygens (including phenoxy) is 1. The normalized spacial score (nSPS) is 12.1. The van der Waals surface area contributed by atoms with E-state index in [0.29, 0.717) is 12.4 Å². The molecule has 5 heteroatoms. The van der Waals surface area contributed by atoms with Gasteiger partial charge in [0, 0.05) is 13.1 Å². The zero-order chi connectivity index (χ0) is 16.5. The molecule has 23 heavy (non-hydrogen) atoms. The number of halogens is 1. The third-order valence-electron chi connectivity index (χ3n) is 3.46. The Hall–Kier alpha value is -1.95. The Balaban J connectivity index is 1.67. The maximum Gasteiger partial charge on any atom is 0.123 e. The predicted octanol–water partition coefficient (Wildman–Crippen LogP) is 3.21. The number of benzene rings is 2. The number of nitrogens with one attached hydrogen (secondary N) is 2. The van der Waals surface area contributed by atoms with Gasteiger partial charge in [-0.25, -0.2) is 4.39 Å². The summed E-state index contributed by atoms with van der Waals surface area (Å²) in [6, 6.07) is 14.6. The van der Waals surface area contributed by atoms with Crippen molar-refractivity contribution in [2.24, 2.45) is 0 Å². The van der Waals surface area contributed by atoms with Crippen molar-refractivity contribution >= 4 is 0 Å². The monoisotopic (exact) mass is 318 g/mol. The highest BCUT2D eigenvalue weighted by Crippen LogP contribution is 2.13. The molecule has 2 N–H and O–H groups in total. The van der Waals surface area contributed by atoms with Gasteiger partial charge in [-0.15, -0.1) is 0 Å². The van der Waals surface area contributed by atoms with Gasteiger partial charge in [-0.3, -0.25) is 0 Å². The van der Waals surface area contributed by atoms with Gasteiger partial charge < -0.3 is 14.9 Å². The van der Waals surface area contributed by atoms with Crippen molar-refractivity contribution in [3.05, 3.63) is 65.5 Å². The Morgan fingerprint density at radius 1 is 1.04 bits per heavy atom. The molecule has 2 aromatic rings. The van der Waals surface area contributed by atoms with Crippen LogP contribution in [0.3, 0.4) is 0 Å². The molecule has 0 saturated heterocycles. The van der Waals surface area contributed by atoms with Gasteiger partial charge >= 0.3 is 0 Å². The quantitative estimate of drug-likeness (QED) is 0.550. The third-order valence-corrected chi connectivity index (χ3v) is 3.46. The Kier molecular flexibility index (Phi) is 7.00. The molecule has 124 valence electrons. The van der Waals surface area contributed by atoms with Gasteiger partial charge in [0.2, 0.25) is 0 Å². The van der Waals surface area contributed by atoms with Crippen LogP contribution in [0.25, 0.3) is 0 Å². The number of rotatable bonds is 9. The standard InChI is InChI=1S/C18H23FN2O2/c1-14(21-22-2)16-5-3-15(4-6-16)13-20-11-12-23-18-9-7-17(19)8-10-18/h3-10,14,20-21H,11-13H2,1-2H3/t14-/m1/s1. The summed E-state index contributed by atoms with van der Waals surface area (Å²) in [5.74, 6) is 0.422. The lowest BCUT2D eigenvalue weighted by Crippen LogP contribution is -2.20. The Morgan fingerprint density at radius 2 is 1.74 bits per heavy atom. The fourth-order valence-electron chi connectivity index (χ4n) is 2.17. The van der Waals surface area contributed by atoms with Crippen molar-refractivity contribution in [2.75, 3.05) is 20.3 Å². The lowest BCUT2D eigenvalue weighted by atomic mass is 10.1. The summed E-state index contributed by atoms with van der Waals surface area (Å²) in [5.41, 5.74) is 5.29. The van der Waals surface area contributed by atoms with E-state index in [1.54, 1.807) is 19.2 Å². The van der Waals surface area contributed by atoms with E-state index in [4.69, 9.17) is 9.57 Å². The van der Waals surface area contributed by atoms with Gasteiger partial charge in [0.05, 0.1) is 13.2 Å². The van der Waals surface area contributed by atoms with Crippen LogP contribution in [0, 0.1) is 5.82 Å². The topological polar surface area (TPSA) is 42.5 Å². The lowest BCUT2D eigenvalue weighted by molar-refractivity contribution is 0.0659. The summed E-state index contributed by atoms with van der Waals surface area (Å²) in [6.07, 6.45) is 0. The van der Waals surface area contributed by atoms with Gasteiger partial charge in [0.15, 0.2) is 0 Å². The van der Waals surface area contributed by atoms with Crippen LogP contribution in [0.5, 0.6) is 5.75 Å². The first-order valence-electron chi connectivity index (χ1n) is 7.65. The first-order valence-corrected chi connectivity index (χ1v) is 7.65. The molecule has 0 aliphatic carbocycles. The van der Waals surface area contributed by atoms with Gasteiger partial charge in [-0.1, -0.05) is 24.3 Å². The first-order chi connectivity index (χ1) is 11.2. The van der Waals surface area contributed by atoms with Crippen LogP contribution in [0.15, 0.2) is 48.5 Å². The number of hydroxylamine groups is 1. The van der Waals surface area contributed by atoms with Crippen molar-refractivity contribution in [1.29, 1.82) is 0 Å². The molecule has 0 bridgehead atoms. The SMILES string of the molecule is CON[C@H](C)c1ccc(CNCCOc2ccc(F)cc2)cc1. The first kappa shape index (κ1) is 17.4. The molecule has 2 aromatic carbocycles. The Bertz CT molecular complexity index is 573. The predicted molar refractivity (Wildman–Crippen MR) is 88.6 cm³/mol. The smallest absolute Gasteiger partial charge is 0.123 e. The van der Waals surface area contributed by atoms with Crippen molar-refractivity contribution < 1.29 is 14.0 Å². The maximum absolute atomic E-state index is 12.8. The molecule has 0 saturated carbocycles. The molecular formula is C18H23FN2O2. The molecule has 0 heterocycles. The van der Waals surface area contributed by atoms with Crippen LogP contribution in [0.2, 0.25) is 0 Å². The van der Waals surface area contributed by atoms with Crippen LogP contribution in [0.1, 0.15) is 24.1 Å². The Morgan fingerprint density at radius 3 is 2.39 bits per heavy atom. The molecule has 1 atom stereocenters. The molecule has 0 aliphatic rings. The summed E-state index contributed by atoms with van der Waals surface area (Å²) in [4.78, 5) is 4.93. The van der Waals surface area contributed by atoms with Crippen LogP contribution in [-0.2, 0) is 11.4 Å². The molecular weight excluding hydrogens is 295 g/mol. The van der Waals surface area contributed by atoms with Crippen molar-refractivity contribution in [1.82, 2.24) is 10.8 Å². The van der Waals surface area contributed by atoms with E-state index in [0.717, 1.165) is 13.1 Å². The van der Waals surface area contributed by atoms with Crippen molar-refractivity contribution in [3.8, 4) is 5.75 Å². The minimum absolute atomic E-state index is 0.158. The summed E-state index contributed by atoms with van der Waals surface area (Å²) >= 11 is 0. The highest BCUT2D eigenvalue weighted by Gasteiger charge is 2.03. The van der Waals surface area contributed by atoms with Crippen LogP contribution in [0.4, 0.5) is 4.39 Å². The van der Waals surface area contributed by atoms with E-state index in [9.17, 15) is 4.39 Å². The van der Waals surface area contributed by atoms with Crippen LogP contribution in [-0.4, -0.2) is 20.3 Å². The van der Waals surface area contributed by atoms with E-state index >= 15 is 0 Å². The van der Waals surface area contributed by atoms with E-state index in [1.807, 2.05) is 6.92 Å². The second-order valence-electron chi connectivity index (χ2n) is 5.26. The second kappa shape index (κ2) is 9.25. The van der Waals surface area contributed by atoms with E-state index in [1.165, 1.54) is 23.3 Å². The molecule has 0 fully saturated rings. The summed E-state index contributed by atoms with van der Waals surface area (Å²) < 4.78 is 18.3. The van der Waals surface area contributed by atoms with Gasteiger partial charge in [0.25, 0.3) is 0 Å². The number of hydrogen-bond acceptors (Lipinski definition) is 4. The van der Waals surface area contributed by atoms with Gasteiger partial charge in [-0.2, -0.15) is 5.48 Å². The van der Waals surface area contributed by atoms with Crippen LogP contribution < -0.4 is 15.5 Å². The highest BCUT2D eigenvalue weighted by molar-refractivity contribution is 5.24. The third kappa shape index (κ3) is 5.98. The van der Waals surface area contributed by atoms with E-state index in [2.05, 4.69) is 35.1 Å². The average molecular weight is 318 g/mol. The Labute approximate surface area is 136 Å². The van der Waals surface area contributed by atoms with Crippen molar-refractivity contribution in [3.63, 3.8) is 0 Å². The minimum Gasteiger partial charge on any atom is -0.492 e. The average Bonchev–Trinajstić information content (AvgIpc) is 2.57. The molecule has 0 unspecified atom stereocenters.